The Morgan fingerprint density at radius 2 is 1.94 bits per heavy atom. The molecule has 2 N–H and O–H groups in total. The molecule has 11 heteroatoms. The quantitative estimate of drug-likeness (QED) is 0.383. The monoisotopic (exact) mass is 509 g/mol. The van der Waals surface area contributed by atoms with Crippen LogP contribution < -0.4 is 5.32 Å². The predicted molar refractivity (Wildman–Crippen MR) is 128 cm³/mol. The van der Waals surface area contributed by atoms with Gasteiger partial charge < -0.3 is 20.1 Å². The Morgan fingerprint density at radius 1 is 1.22 bits per heavy atom. The Labute approximate surface area is 207 Å². The molecule has 1 aliphatic rings. The van der Waals surface area contributed by atoms with Gasteiger partial charge in [0.2, 0.25) is 0 Å². The number of aliphatic hydroxyl groups is 1. The zero-order chi connectivity index (χ0) is 26.7. The lowest BCUT2D eigenvalue weighted by Gasteiger charge is -2.31. The highest BCUT2D eigenvalue weighted by Crippen LogP contribution is 2.37. The second-order valence-corrected chi connectivity index (χ2v) is 10.1. The van der Waals surface area contributed by atoms with Gasteiger partial charge in [-0.25, -0.2) is 4.79 Å². The van der Waals surface area contributed by atoms with Crippen LogP contribution in [0.2, 0.25) is 0 Å². The van der Waals surface area contributed by atoms with Gasteiger partial charge in [-0.3, -0.25) is 10.1 Å². The van der Waals surface area contributed by atoms with E-state index in [1.807, 2.05) is 0 Å². The summed E-state index contributed by atoms with van der Waals surface area (Å²) in [6.45, 7) is 5.62. The lowest BCUT2D eigenvalue weighted by molar-refractivity contribution is -0.385. The average molecular weight is 510 g/mol. The number of nitrogens with zero attached hydrogens (tertiary/aromatic N) is 2. The number of likely N-dealkylation sites (tertiary alicyclic amines) is 1. The van der Waals surface area contributed by atoms with Gasteiger partial charge in [0.25, 0.3) is 5.69 Å². The van der Waals surface area contributed by atoms with Gasteiger partial charge in [-0.15, -0.1) is 0 Å². The van der Waals surface area contributed by atoms with Gasteiger partial charge in [0.1, 0.15) is 5.60 Å². The number of hydrogen-bond acceptors (Lipinski definition) is 6. The van der Waals surface area contributed by atoms with Crippen LogP contribution in [0.4, 0.5) is 29.3 Å². The first-order valence-corrected chi connectivity index (χ1v) is 11.5. The maximum absolute atomic E-state index is 13.3. The fourth-order valence-corrected chi connectivity index (χ4v) is 4.33. The number of amides is 1. The molecule has 2 aromatic rings. The lowest BCUT2D eigenvalue weighted by atomic mass is 9.80. The van der Waals surface area contributed by atoms with Gasteiger partial charge in [-0.05, 0) is 57.4 Å². The molecule has 36 heavy (non-hydrogen) atoms. The van der Waals surface area contributed by atoms with Crippen molar-refractivity contribution in [3.05, 3.63) is 69.3 Å². The molecule has 0 radical (unpaired) electrons. The number of nitrogens with one attached hydrogen (secondary N) is 1. The topological polar surface area (TPSA) is 105 Å². The number of nitro benzene ring substituents is 1. The van der Waals surface area contributed by atoms with E-state index in [-0.39, 0.29) is 30.8 Å². The second-order valence-electron chi connectivity index (χ2n) is 10.1. The molecular formula is C25H30F3N3O5. The molecular weight excluding hydrogens is 479 g/mol. The predicted octanol–water partition coefficient (Wildman–Crippen LogP) is 5.39. The Balaban J connectivity index is 1.87. The summed E-state index contributed by atoms with van der Waals surface area (Å²) >= 11 is 0. The Morgan fingerprint density at radius 3 is 2.56 bits per heavy atom. The number of carbonyl (C=O) groups is 1. The summed E-state index contributed by atoms with van der Waals surface area (Å²) in [5, 5.41) is 23.9. The molecule has 1 atom stereocenters. The van der Waals surface area contributed by atoms with Crippen molar-refractivity contribution < 1.29 is 32.7 Å². The first kappa shape index (κ1) is 27.3. The van der Waals surface area contributed by atoms with E-state index in [0.717, 1.165) is 12.1 Å². The van der Waals surface area contributed by atoms with Crippen LogP contribution in [-0.2, 0) is 23.9 Å². The van der Waals surface area contributed by atoms with Crippen LogP contribution >= 0.6 is 0 Å². The number of hydrogen-bond donors (Lipinski definition) is 2. The summed E-state index contributed by atoms with van der Waals surface area (Å²) in [6, 6.07) is 9.45. The number of halogens is 3. The third-order valence-electron chi connectivity index (χ3n) is 6.04. The maximum atomic E-state index is 13.3. The highest BCUT2D eigenvalue weighted by Gasteiger charge is 2.42. The van der Waals surface area contributed by atoms with E-state index in [0.29, 0.717) is 24.2 Å². The van der Waals surface area contributed by atoms with Crippen LogP contribution in [0.5, 0.6) is 0 Å². The number of anilines is 1. The summed E-state index contributed by atoms with van der Waals surface area (Å²) in [7, 11) is 0. The molecule has 196 valence electrons. The van der Waals surface area contributed by atoms with E-state index in [1.165, 1.54) is 23.1 Å². The smallest absolute Gasteiger partial charge is 0.416 e. The molecule has 1 saturated heterocycles. The van der Waals surface area contributed by atoms with Gasteiger partial charge in [-0.2, -0.15) is 13.2 Å². The second kappa shape index (κ2) is 10.3. The van der Waals surface area contributed by atoms with E-state index in [1.54, 1.807) is 32.9 Å². The molecule has 0 aromatic heterocycles. The number of carbonyl (C=O) groups excluding carboxylic acids is 1. The van der Waals surface area contributed by atoms with Crippen LogP contribution in [0.25, 0.3) is 0 Å². The van der Waals surface area contributed by atoms with E-state index in [2.05, 4.69) is 5.32 Å². The minimum Gasteiger partial charge on any atom is -0.444 e. The van der Waals surface area contributed by atoms with Gasteiger partial charge in [0.15, 0.2) is 0 Å². The van der Waals surface area contributed by atoms with Crippen LogP contribution in [0.15, 0.2) is 42.5 Å². The Bertz CT molecular complexity index is 1120. The molecule has 0 aliphatic carbocycles. The first-order chi connectivity index (χ1) is 16.7. The number of benzene rings is 2. The molecule has 8 nitrogen and oxygen atoms in total. The molecule has 2 aromatic carbocycles. The number of ether oxygens (including phenoxy) is 1. The summed E-state index contributed by atoms with van der Waals surface area (Å²) in [4.78, 5) is 25.0. The van der Waals surface area contributed by atoms with E-state index >= 15 is 0 Å². The number of nitro groups is 1. The largest absolute Gasteiger partial charge is 0.444 e. The number of rotatable bonds is 7. The lowest BCUT2D eigenvalue weighted by Crippen LogP contribution is -2.40. The molecule has 0 saturated carbocycles. The zero-order valence-corrected chi connectivity index (χ0v) is 20.4. The van der Waals surface area contributed by atoms with Crippen molar-refractivity contribution >= 4 is 17.5 Å². The first-order valence-electron chi connectivity index (χ1n) is 11.5. The van der Waals surface area contributed by atoms with E-state index in [9.17, 15) is 33.2 Å². The molecule has 1 unspecified atom stereocenters. The molecule has 1 aliphatic heterocycles. The highest BCUT2D eigenvalue weighted by molar-refractivity contribution is 5.68. The van der Waals surface area contributed by atoms with Gasteiger partial charge in [-0.1, -0.05) is 18.2 Å². The van der Waals surface area contributed by atoms with Crippen molar-refractivity contribution in [2.45, 2.75) is 52.0 Å². The van der Waals surface area contributed by atoms with Crippen molar-refractivity contribution in [3.8, 4) is 0 Å². The SMILES string of the molecule is CC(C)(C)OC(=O)N1CCC(CNc2ccc(CO)c([N+](=O)[O-])c2)(Cc2cccc(C(F)(F)F)c2)C1. The van der Waals surface area contributed by atoms with Gasteiger partial charge >= 0.3 is 12.3 Å². The molecule has 1 fully saturated rings. The fraction of sp³-hybridized carbons (Fsp3) is 0.480. The summed E-state index contributed by atoms with van der Waals surface area (Å²) in [5.41, 5.74) is -1.27. The molecule has 1 heterocycles. The standard InChI is InChI=1S/C25H30F3N3O5/c1-23(2,3)36-22(33)30-10-9-24(16-30,13-17-5-4-6-19(11-17)25(26,27)28)15-29-20-8-7-18(14-32)21(12-20)31(34)35/h4-8,11-12,29,32H,9-10,13-16H2,1-3H3. The molecule has 0 bridgehead atoms. The zero-order valence-electron chi connectivity index (χ0n) is 20.4. The van der Waals surface area contributed by atoms with Crippen molar-refractivity contribution in [2.24, 2.45) is 5.41 Å². The minimum atomic E-state index is -4.48. The van der Waals surface area contributed by atoms with Gasteiger partial charge in [0, 0.05) is 36.8 Å². The van der Waals surface area contributed by atoms with Crippen molar-refractivity contribution in [2.75, 3.05) is 25.0 Å². The van der Waals surface area contributed by atoms with Crippen molar-refractivity contribution in [1.29, 1.82) is 0 Å². The average Bonchev–Trinajstić information content (AvgIpc) is 3.20. The van der Waals surface area contributed by atoms with E-state index in [4.69, 9.17) is 4.74 Å². The normalized spacial score (nSPS) is 18.2. The molecule has 1 amide bonds. The Kier molecular flexibility index (Phi) is 7.82. The third kappa shape index (κ3) is 6.87. The van der Waals surface area contributed by atoms with E-state index < -0.39 is 40.4 Å². The molecule has 0 spiro atoms. The fourth-order valence-electron chi connectivity index (χ4n) is 4.33. The number of alkyl halides is 3. The summed E-state index contributed by atoms with van der Waals surface area (Å²) in [5.74, 6) is 0. The summed E-state index contributed by atoms with van der Waals surface area (Å²) in [6.07, 6.45) is -4.24. The van der Waals surface area contributed by atoms with Crippen LogP contribution in [0.1, 0.15) is 43.9 Å². The maximum Gasteiger partial charge on any atom is 0.416 e. The van der Waals surface area contributed by atoms with Crippen LogP contribution in [0, 0.1) is 15.5 Å². The molecule has 3 rings (SSSR count). The highest BCUT2D eigenvalue weighted by atomic mass is 19.4. The van der Waals surface area contributed by atoms with Crippen molar-refractivity contribution in [3.63, 3.8) is 0 Å². The third-order valence-corrected chi connectivity index (χ3v) is 6.04. The van der Waals surface area contributed by atoms with Crippen LogP contribution in [0.3, 0.4) is 0 Å². The van der Waals surface area contributed by atoms with Crippen molar-refractivity contribution in [1.82, 2.24) is 4.90 Å². The van der Waals surface area contributed by atoms with Gasteiger partial charge in [0.05, 0.1) is 22.7 Å². The minimum absolute atomic E-state index is 0.168. The van der Waals surface area contributed by atoms with Crippen LogP contribution in [-0.4, -0.2) is 46.3 Å². The summed E-state index contributed by atoms with van der Waals surface area (Å²) < 4.78 is 45.3. The Hall–Kier alpha value is -3.34. The number of aliphatic hydroxyl groups excluding tert-OH is 1.